The number of methoxy groups -OCH3 is 2. The first-order valence-corrected chi connectivity index (χ1v) is 10.3. The van der Waals surface area contributed by atoms with E-state index in [1.165, 1.54) is 4.90 Å². The Morgan fingerprint density at radius 2 is 1.76 bits per heavy atom. The number of imide groups is 2. The number of amides is 4. The molecule has 1 unspecified atom stereocenters. The van der Waals surface area contributed by atoms with Gasteiger partial charge >= 0.3 is 17.8 Å². The molecule has 1 aromatic rings. The van der Waals surface area contributed by atoms with E-state index in [2.05, 4.69) is 0 Å². The molecule has 8 heteroatoms. The van der Waals surface area contributed by atoms with Crippen molar-refractivity contribution in [2.45, 2.75) is 50.6 Å². The van der Waals surface area contributed by atoms with Crippen molar-refractivity contribution < 1.29 is 28.8 Å². The van der Waals surface area contributed by atoms with Crippen LogP contribution >= 0.6 is 0 Å². The van der Waals surface area contributed by atoms with Crippen LogP contribution in [0.25, 0.3) is 0 Å². The zero-order chi connectivity index (χ0) is 20.5. The molecule has 1 aromatic carbocycles. The number of nitrogens with zero attached hydrogens (tertiary/aromatic N) is 2. The highest BCUT2D eigenvalue weighted by Crippen LogP contribution is 2.32. The highest BCUT2D eigenvalue weighted by Gasteiger charge is 2.50. The summed E-state index contributed by atoms with van der Waals surface area (Å²) in [4.78, 5) is 41.4. The van der Waals surface area contributed by atoms with Gasteiger partial charge in [-0.25, -0.2) is 9.69 Å². The van der Waals surface area contributed by atoms with Crippen molar-refractivity contribution >= 4 is 17.8 Å². The van der Waals surface area contributed by atoms with Gasteiger partial charge in [-0.2, -0.15) is 0 Å². The minimum absolute atomic E-state index is 0.0899. The zero-order valence-electron chi connectivity index (χ0n) is 17.0. The molecule has 3 aliphatic rings. The van der Waals surface area contributed by atoms with Crippen molar-refractivity contribution in [3.8, 4) is 11.5 Å². The molecular formula is C21H28N3O5+. The summed E-state index contributed by atoms with van der Waals surface area (Å²) in [6.07, 6.45) is 5.47. The highest BCUT2D eigenvalue weighted by molar-refractivity contribution is 6.44. The third-order valence-electron chi connectivity index (χ3n) is 6.43. The van der Waals surface area contributed by atoms with E-state index in [4.69, 9.17) is 9.47 Å². The molecule has 3 fully saturated rings. The van der Waals surface area contributed by atoms with Gasteiger partial charge in [0.1, 0.15) is 17.5 Å². The number of urea groups is 1. The Kier molecular flexibility index (Phi) is 5.45. The Hall–Kier alpha value is -2.61. The van der Waals surface area contributed by atoms with Crippen LogP contribution in [0.3, 0.4) is 0 Å². The molecule has 2 heterocycles. The van der Waals surface area contributed by atoms with Gasteiger partial charge in [0.15, 0.2) is 6.67 Å². The summed E-state index contributed by atoms with van der Waals surface area (Å²) in [7, 11) is 3.23. The fraction of sp³-hybridized carbons (Fsp3) is 0.571. The summed E-state index contributed by atoms with van der Waals surface area (Å²) in [6, 6.07) is 5.24. The Morgan fingerprint density at radius 3 is 2.45 bits per heavy atom. The van der Waals surface area contributed by atoms with Gasteiger partial charge in [0.05, 0.1) is 26.3 Å². The summed E-state index contributed by atoms with van der Waals surface area (Å²) in [5, 5.41) is 0. The van der Waals surface area contributed by atoms with Crippen LogP contribution < -0.4 is 14.4 Å². The van der Waals surface area contributed by atoms with Gasteiger partial charge in [-0.15, -0.1) is 0 Å². The molecule has 4 rings (SSSR count). The van der Waals surface area contributed by atoms with Crippen LogP contribution in [0.15, 0.2) is 18.2 Å². The van der Waals surface area contributed by atoms with Crippen LogP contribution in [0.2, 0.25) is 0 Å². The van der Waals surface area contributed by atoms with Crippen molar-refractivity contribution in [3.63, 3.8) is 0 Å². The lowest BCUT2D eigenvalue weighted by molar-refractivity contribution is -0.925. The van der Waals surface area contributed by atoms with Gasteiger partial charge in [0.2, 0.25) is 0 Å². The molecule has 0 bridgehead atoms. The van der Waals surface area contributed by atoms with Gasteiger partial charge in [0, 0.05) is 24.9 Å². The van der Waals surface area contributed by atoms with Gasteiger partial charge in [-0.1, -0.05) is 12.8 Å². The number of carbonyl (C=O) groups excluding carboxylic acids is 3. The SMILES string of the molecule is COc1ccc([C@H]2CCC[NH+]2CN2C(=O)C(=O)N(C3CCCC3)C2=O)c(OC)c1. The number of rotatable bonds is 6. The molecule has 156 valence electrons. The molecule has 2 atom stereocenters. The van der Waals surface area contributed by atoms with E-state index in [0.29, 0.717) is 5.75 Å². The Bertz CT molecular complexity index is 821. The lowest BCUT2D eigenvalue weighted by Crippen LogP contribution is -3.12. The second-order valence-corrected chi connectivity index (χ2v) is 8.00. The standard InChI is InChI=1S/C21H27N3O5/c1-28-15-9-10-16(18(12-15)29-2)17-8-5-11-22(17)13-23-19(25)20(26)24(21(23)27)14-6-3-4-7-14/h9-10,12,14,17H,3-8,11,13H2,1-2H3/p+1/t17-/m1/s1. The molecule has 2 aliphatic heterocycles. The minimum Gasteiger partial charge on any atom is -0.497 e. The largest absolute Gasteiger partial charge is 0.497 e. The highest BCUT2D eigenvalue weighted by atomic mass is 16.5. The molecule has 4 amide bonds. The molecule has 29 heavy (non-hydrogen) atoms. The predicted octanol–water partition coefficient (Wildman–Crippen LogP) is 1.11. The maximum atomic E-state index is 12.9. The molecule has 0 aromatic heterocycles. The van der Waals surface area contributed by atoms with E-state index < -0.39 is 17.8 Å². The first-order valence-electron chi connectivity index (χ1n) is 10.3. The number of benzene rings is 1. The van der Waals surface area contributed by atoms with Crippen molar-refractivity contribution in [2.75, 3.05) is 27.4 Å². The van der Waals surface area contributed by atoms with E-state index in [9.17, 15) is 14.4 Å². The number of quaternary nitrogens is 1. The van der Waals surface area contributed by atoms with Crippen LogP contribution in [-0.4, -0.2) is 61.1 Å². The number of ether oxygens (including phenoxy) is 2. The Balaban J connectivity index is 1.54. The second-order valence-electron chi connectivity index (χ2n) is 8.00. The van der Waals surface area contributed by atoms with E-state index >= 15 is 0 Å². The average molecular weight is 402 g/mol. The third-order valence-corrected chi connectivity index (χ3v) is 6.43. The number of carbonyl (C=O) groups is 3. The van der Waals surface area contributed by atoms with E-state index in [-0.39, 0.29) is 18.8 Å². The number of likely N-dealkylation sites (tertiary alicyclic amines) is 1. The van der Waals surface area contributed by atoms with Crippen molar-refractivity contribution in [1.29, 1.82) is 0 Å². The van der Waals surface area contributed by atoms with Crippen LogP contribution in [0.1, 0.15) is 50.1 Å². The maximum absolute atomic E-state index is 12.9. The van der Waals surface area contributed by atoms with E-state index in [1.54, 1.807) is 14.2 Å². The van der Waals surface area contributed by atoms with Crippen LogP contribution in [0, 0.1) is 0 Å². The minimum atomic E-state index is -0.693. The van der Waals surface area contributed by atoms with Gasteiger partial charge in [0.25, 0.3) is 0 Å². The number of hydrogen-bond acceptors (Lipinski definition) is 5. The molecule has 8 nitrogen and oxygen atoms in total. The second kappa shape index (κ2) is 8.02. The molecule has 0 spiro atoms. The van der Waals surface area contributed by atoms with Crippen LogP contribution in [-0.2, 0) is 9.59 Å². The van der Waals surface area contributed by atoms with Crippen LogP contribution in [0.4, 0.5) is 4.79 Å². The molecule has 0 radical (unpaired) electrons. The summed E-state index contributed by atoms with van der Waals surface area (Å²) >= 11 is 0. The van der Waals surface area contributed by atoms with Crippen LogP contribution in [0.5, 0.6) is 11.5 Å². The predicted molar refractivity (Wildman–Crippen MR) is 104 cm³/mol. The monoisotopic (exact) mass is 402 g/mol. The fourth-order valence-corrected chi connectivity index (χ4v) is 4.93. The molecule has 1 aliphatic carbocycles. The van der Waals surface area contributed by atoms with Crippen molar-refractivity contribution in [2.24, 2.45) is 0 Å². The average Bonchev–Trinajstić information content (AvgIpc) is 3.46. The Morgan fingerprint density at radius 1 is 1.00 bits per heavy atom. The topological polar surface area (TPSA) is 80.6 Å². The summed E-state index contributed by atoms with van der Waals surface area (Å²) in [5.74, 6) is 0.0881. The number of hydrogen-bond donors (Lipinski definition) is 1. The fourth-order valence-electron chi connectivity index (χ4n) is 4.93. The summed E-state index contributed by atoms with van der Waals surface area (Å²) < 4.78 is 10.8. The van der Waals surface area contributed by atoms with E-state index in [0.717, 1.165) is 66.2 Å². The maximum Gasteiger partial charge on any atom is 0.338 e. The van der Waals surface area contributed by atoms with Crippen molar-refractivity contribution in [1.82, 2.24) is 9.80 Å². The molecule has 2 saturated heterocycles. The quantitative estimate of drug-likeness (QED) is 0.570. The normalized spacial score (nSPS) is 25.4. The first kappa shape index (κ1) is 19.7. The summed E-state index contributed by atoms with van der Waals surface area (Å²) in [5.41, 5.74) is 1.03. The lowest BCUT2D eigenvalue weighted by atomic mass is 10.0. The molecule has 1 N–H and O–H groups in total. The molecular weight excluding hydrogens is 374 g/mol. The molecule has 1 saturated carbocycles. The third kappa shape index (κ3) is 3.46. The van der Waals surface area contributed by atoms with Gasteiger partial charge < -0.3 is 14.4 Å². The van der Waals surface area contributed by atoms with Crippen molar-refractivity contribution in [3.05, 3.63) is 23.8 Å². The zero-order valence-corrected chi connectivity index (χ0v) is 17.0. The number of nitrogens with one attached hydrogen (secondary N) is 1. The van der Waals surface area contributed by atoms with Gasteiger partial charge in [-0.05, 0) is 25.0 Å². The Labute approximate surface area is 170 Å². The lowest BCUT2D eigenvalue weighted by Gasteiger charge is -2.27. The summed E-state index contributed by atoms with van der Waals surface area (Å²) in [6.45, 7) is 1.03. The van der Waals surface area contributed by atoms with E-state index in [1.807, 2.05) is 18.2 Å². The smallest absolute Gasteiger partial charge is 0.338 e. The first-order chi connectivity index (χ1) is 14.0. The van der Waals surface area contributed by atoms with Gasteiger partial charge in [-0.3, -0.25) is 14.5 Å².